The molecule has 0 aliphatic carbocycles. The van der Waals surface area contributed by atoms with Gasteiger partial charge in [0, 0.05) is 5.56 Å². The van der Waals surface area contributed by atoms with Gasteiger partial charge in [-0.25, -0.2) is 4.98 Å². The molecule has 0 aliphatic rings. The number of hydrogen-bond acceptors (Lipinski definition) is 4. The van der Waals surface area contributed by atoms with Crippen LogP contribution in [0.2, 0.25) is 0 Å². The first-order valence-corrected chi connectivity index (χ1v) is 6.71. The number of rotatable bonds is 2. The van der Waals surface area contributed by atoms with Gasteiger partial charge in [-0.3, -0.25) is 0 Å². The molecule has 17 heavy (non-hydrogen) atoms. The number of hydrogen-bond donors (Lipinski definition) is 1. The van der Waals surface area contributed by atoms with Crippen molar-refractivity contribution < 1.29 is 4.74 Å². The van der Waals surface area contributed by atoms with E-state index in [1.165, 1.54) is 22.5 Å². The highest BCUT2D eigenvalue weighted by Gasteiger charge is 2.15. The second-order valence-electron chi connectivity index (χ2n) is 3.81. The summed E-state index contributed by atoms with van der Waals surface area (Å²) in [7, 11) is 1.66. The number of halogens is 1. The van der Waals surface area contributed by atoms with Crippen molar-refractivity contribution in [3.63, 3.8) is 0 Å². The van der Waals surface area contributed by atoms with Gasteiger partial charge in [0.15, 0.2) is 5.13 Å². The van der Waals surface area contributed by atoms with E-state index in [0.717, 1.165) is 20.8 Å². The average Bonchev–Trinajstić information content (AvgIpc) is 2.61. The molecule has 5 heteroatoms. The summed E-state index contributed by atoms with van der Waals surface area (Å²) in [6.07, 6.45) is 0. The predicted molar refractivity (Wildman–Crippen MR) is 75.7 cm³/mol. The van der Waals surface area contributed by atoms with Gasteiger partial charge in [-0.2, -0.15) is 0 Å². The van der Waals surface area contributed by atoms with E-state index in [1.54, 1.807) is 7.11 Å². The molecule has 0 saturated heterocycles. The summed E-state index contributed by atoms with van der Waals surface area (Å²) in [5.41, 5.74) is 9.93. The summed E-state index contributed by atoms with van der Waals surface area (Å²) in [6, 6.07) is 4.10. The molecule has 3 nitrogen and oxygen atoms in total. The van der Waals surface area contributed by atoms with Crippen LogP contribution in [0.4, 0.5) is 5.13 Å². The molecule has 0 spiro atoms. The zero-order valence-electron chi connectivity index (χ0n) is 9.87. The number of anilines is 1. The minimum absolute atomic E-state index is 0.548. The van der Waals surface area contributed by atoms with Gasteiger partial charge in [0.1, 0.15) is 11.4 Å². The van der Waals surface area contributed by atoms with Crippen LogP contribution >= 0.6 is 27.3 Å². The number of nitrogens with zero attached hydrogens (tertiary/aromatic N) is 1. The molecule has 0 unspecified atom stereocenters. The molecule has 0 atom stereocenters. The van der Waals surface area contributed by atoms with Gasteiger partial charge in [-0.15, -0.1) is 0 Å². The van der Waals surface area contributed by atoms with Gasteiger partial charge >= 0.3 is 0 Å². The lowest BCUT2D eigenvalue weighted by molar-refractivity contribution is 0.416. The van der Waals surface area contributed by atoms with Gasteiger partial charge < -0.3 is 10.5 Å². The highest BCUT2D eigenvalue weighted by atomic mass is 79.9. The number of aryl methyl sites for hydroxylation is 2. The monoisotopic (exact) mass is 312 g/mol. The predicted octanol–water partition coefficient (Wildman–Crippen LogP) is 3.78. The second-order valence-corrected chi connectivity index (χ2v) is 6.16. The quantitative estimate of drug-likeness (QED) is 0.918. The fourth-order valence-corrected chi connectivity index (χ4v) is 3.00. The molecule has 0 aliphatic heterocycles. The number of nitrogen functional groups attached to an aromatic ring is 1. The summed E-state index contributed by atoms with van der Waals surface area (Å²) >= 11 is 4.90. The molecule has 2 N–H and O–H groups in total. The molecule has 2 aromatic rings. The van der Waals surface area contributed by atoms with Crippen LogP contribution < -0.4 is 10.5 Å². The minimum atomic E-state index is 0.548. The van der Waals surface area contributed by atoms with Crippen LogP contribution in [0.15, 0.2) is 15.9 Å². The Morgan fingerprint density at radius 2 is 1.94 bits per heavy atom. The molecule has 90 valence electrons. The summed E-state index contributed by atoms with van der Waals surface area (Å²) < 4.78 is 6.33. The number of nitrogens with two attached hydrogens (primary N) is 1. The van der Waals surface area contributed by atoms with Crippen LogP contribution in [-0.2, 0) is 0 Å². The maximum absolute atomic E-state index is 5.71. The Bertz CT molecular complexity index is 566. The Balaban J connectivity index is 2.66. The number of thiazole rings is 1. The molecule has 0 fully saturated rings. The van der Waals surface area contributed by atoms with E-state index >= 15 is 0 Å². The van der Waals surface area contributed by atoms with Crippen LogP contribution in [0.3, 0.4) is 0 Å². The molecule has 1 aromatic carbocycles. The van der Waals surface area contributed by atoms with Crippen molar-refractivity contribution >= 4 is 32.4 Å². The van der Waals surface area contributed by atoms with Gasteiger partial charge in [0.05, 0.1) is 10.9 Å². The summed E-state index contributed by atoms with van der Waals surface area (Å²) in [6.45, 7) is 4.13. The largest absolute Gasteiger partial charge is 0.496 e. The number of aromatic nitrogens is 1. The Morgan fingerprint density at radius 1 is 1.29 bits per heavy atom. The topological polar surface area (TPSA) is 48.1 Å². The lowest BCUT2D eigenvalue weighted by Gasteiger charge is -2.10. The third kappa shape index (κ3) is 2.30. The van der Waals surface area contributed by atoms with Crippen molar-refractivity contribution in [2.45, 2.75) is 13.8 Å². The molecule has 0 saturated carbocycles. The van der Waals surface area contributed by atoms with E-state index in [0.29, 0.717) is 5.13 Å². The van der Waals surface area contributed by atoms with Gasteiger partial charge in [-0.1, -0.05) is 11.3 Å². The maximum atomic E-state index is 5.71. The Labute approximate surface area is 113 Å². The van der Waals surface area contributed by atoms with Crippen LogP contribution in [0, 0.1) is 13.8 Å². The lowest BCUT2D eigenvalue weighted by Crippen LogP contribution is -1.92. The molecule has 0 amide bonds. The fraction of sp³-hybridized carbons (Fsp3) is 0.250. The van der Waals surface area contributed by atoms with E-state index in [2.05, 4.69) is 40.8 Å². The van der Waals surface area contributed by atoms with Gasteiger partial charge in [0.25, 0.3) is 0 Å². The van der Waals surface area contributed by atoms with Gasteiger partial charge in [0.2, 0.25) is 0 Å². The summed E-state index contributed by atoms with van der Waals surface area (Å²) in [4.78, 5) is 4.33. The molecule has 1 aromatic heterocycles. The standard InChI is InChI=1S/C12H13BrN2OS/c1-6-4-8(9(16-3)5-7(6)2)10-11(13)17-12(14)15-10/h4-5H,1-3H3,(H2,14,15). The smallest absolute Gasteiger partial charge is 0.181 e. The molecular weight excluding hydrogens is 300 g/mol. The zero-order valence-corrected chi connectivity index (χ0v) is 12.3. The highest BCUT2D eigenvalue weighted by Crippen LogP contribution is 2.39. The first-order valence-electron chi connectivity index (χ1n) is 5.10. The second kappa shape index (κ2) is 4.66. The van der Waals surface area contributed by atoms with Crippen molar-refractivity contribution in [1.82, 2.24) is 4.98 Å². The third-order valence-corrected chi connectivity index (χ3v) is 4.21. The van der Waals surface area contributed by atoms with Crippen molar-refractivity contribution in [3.8, 4) is 17.0 Å². The first kappa shape index (κ1) is 12.4. The van der Waals surface area contributed by atoms with E-state index < -0.39 is 0 Å². The van der Waals surface area contributed by atoms with Crippen molar-refractivity contribution in [1.29, 1.82) is 0 Å². The Hall–Kier alpha value is -1.07. The lowest BCUT2D eigenvalue weighted by atomic mass is 10.0. The van der Waals surface area contributed by atoms with Crippen molar-refractivity contribution in [2.75, 3.05) is 12.8 Å². The van der Waals surface area contributed by atoms with E-state index in [9.17, 15) is 0 Å². The molecule has 1 heterocycles. The Kier molecular flexibility index (Phi) is 3.40. The SMILES string of the molecule is COc1cc(C)c(C)cc1-c1nc(N)sc1Br. The summed E-state index contributed by atoms with van der Waals surface area (Å²) in [5, 5.41) is 0.548. The average molecular weight is 313 g/mol. The van der Waals surface area contributed by atoms with Crippen molar-refractivity contribution in [3.05, 3.63) is 27.0 Å². The Morgan fingerprint density at radius 3 is 2.47 bits per heavy atom. The van der Waals surface area contributed by atoms with Crippen LogP contribution in [0.25, 0.3) is 11.3 Å². The van der Waals surface area contributed by atoms with Crippen LogP contribution in [0.5, 0.6) is 5.75 Å². The third-order valence-electron chi connectivity index (χ3n) is 2.67. The van der Waals surface area contributed by atoms with Crippen molar-refractivity contribution in [2.24, 2.45) is 0 Å². The van der Waals surface area contributed by atoms with Crippen LogP contribution in [0.1, 0.15) is 11.1 Å². The molecule has 0 radical (unpaired) electrons. The molecular formula is C12H13BrN2OS. The minimum Gasteiger partial charge on any atom is -0.496 e. The molecule has 0 bridgehead atoms. The number of benzene rings is 1. The number of methoxy groups -OCH3 is 1. The fourth-order valence-electron chi connectivity index (χ4n) is 1.63. The van der Waals surface area contributed by atoms with E-state index in [4.69, 9.17) is 10.5 Å². The molecule has 2 rings (SSSR count). The first-order chi connectivity index (χ1) is 8.02. The zero-order chi connectivity index (χ0) is 12.6. The summed E-state index contributed by atoms with van der Waals surface area (Å²) in [5.74, 6) is 0.819. The van der Waals surface area contributed by atoms with Gasteiger partial charge in [-0.05, 0) is 53.0 Å². The number of ether oxygens (including phenoxy) is 1. The van der Waals surface area contributed by atoms with E-state index in [1.807, 2.05) is 6.07 Å². The van der Waals surface area contributed by atoms with Crippen LogP contribution in [-0.4, -0.2) is 12.1 Å². The van der Waals surface area contributed by atoms with E-state index in [-0.39, 0.29) is 0 Å². The normalized spacial score (nSPS) is 10.6. The highest BCUT2D eigenvalue weighted by molar-refractivity contribution is 9.11. The maximum Gasteiger partial charge on any atom is 0.181 e.